The molecule has 19 heavy (non-hydrogen) atoms. The lowest BCUT2D eigenvalue weighted by Gasteiger charge is -2.28. The van der Waals surface area contributed by atoms with Gasteiger partial charge in [-0.25, -0.2) is 0 Å². The van der Waals surface area contributed by atoms with Crippen molar-refractivity contribution in [3.63, 3.8) is 0 Å². The Labute approximate surface area is 114 Å². The van der Waals surface area contributed by atoms with Gasteiger partial charge in [0.15, 0.2) is 0 Å². The van der Waals surface area contributed by atoms with Crippen molar-refractivity contribution < 1.29 is 9.57 Å². The van der Waals surface area contributed by atoms with Crippen molar-refractivity contribution in [1.82, 2.24) is 4.90 Å². The summed E-state index contributed by atoms with van der Waals surface area (Å²) in [6.45, 7) is 4.61. The summed E-state index contributed by atoms with van der Waals surface area (Å²) < 4.78 is 5.35. The number of morpholine rings is 1. The second-order valence-corrected chi connectivity index (χ2v) is 5.40. The number of hydrogen-bond donors (Lipinski definition) is 0. The molecule has 3 aliphatic rings. The molecule has 3 heterocycles. The van der Waals surface area contributed by atoms with Crippen LogP contribution in [-0.4, -0.2) is 69.7 Å². The fraction of sp³-hybridized carbons (Fsp3) is 0.692. The van der Waals surface area contributed by atoms with E-state index in [0.29, 0.717) is 0 Å². The highest BCUT2D eigenvalue weighted by Crippen LogP contribution is 2.20. The molecule has 2 atom stereocenters. The zero-order chi connectivity index (χ0) is 13.1. The number of ether oxygens (including phenoxy) is 1. The first-order chi connectivity index (χ1) is 9.31. The fourth-order valence-corrected chi connectivity index (χ4v) is 2.66. The van der Waals surface area contributed by atoms with Gasteiger partial charge >= 0.3 is 0 Å². The Morgan fingerprint density at radius 2 is 2.21 bits per heavy atom. The standard InChI is InChI=1S/C13H20BN3O2/c14-10-1-2-12(15-8-10)13-7-11(19-16-13)9-17-3-5-18-6-4-17/h1,8,11-12H,2-7,9,14H2. The van der Waals surface area contributed by atoms with Gasteiger partial charge in [0.2, 0.25) is 0 Å². The third-order valence-electron chi connectivity index (χ3n) is 3.83. The van der Waals surface area contributed by atoms with Crippen molar-refractivity contribution in [3.8, 4) is 0 Å². The predicted molar refractivity (Wildman–Crippen MR) is 77.7 cm³/mol. The summed E-state index contributed by atoms with van der Waals surface area (Å²) in [7, 11) is 2.08. The molecule has 0 spiro atoms. The van der Waals surface area contributed by atoms with Crippen LogP contribution in [0, 0.1) is 0 Å². The number of oxime groups is 1. The lowest BCUT2D eigenvalue weighted by atomic mass is 9.91. The van der Waals surface area contributed by atoms with Gasteiger partial charge in [0.05, 0.1) is 25.0 Å². The van der Waals surface area contributed by atoms with Gasteiger partial charge in [0, 0.05) is 32.3 Å². The van der Waals surface area contributed by atoms with E-state index in [4.69, 9.17) is 9.57 Å². The summed E-state index contributed by atoms with van der Waals surface area (Å²) in [6, 6.07) is 0.193. The molecule has 102 valence electrons. The topological polar surface area (TPSA) is 46.4 Å². The largest absolute Gasteiger partial charge is 0.391 e. The van der Waals surface area contributed by atoms with E-state index in [1.54, 1.807) is 0 Å². The first-order valence-electron chi connectivity index (χ1n) is 7.04. The molecule has 1 saturated heterocycles. The number of allylic oxidation sites excluding steroid dienone is 1. The molecule has 0 saturated carbocycles. The molecule has 0 radical (unpaired) electrons. The van der Waals surface area contributed by atoms with Crippen LogP contribution in [0.2, 0.25) is 0 Å². The van der Waals surface area contributed by atoms with Gasteiger partial charge in [0.1, 0.15) is 14.0 Å². The quantitative estimate of drug-likeness (QED) is 0.662. The summed E-state index contributed by atoms with van der Waals surface area (Å²) in [5, 5.41) is 4.25. The molecule has 5 nitrogen and oxygen atoms in total. The van der Waals surface area contributed by atoms with Crippen molar-refractivity contribution in [1.29, 1.82) is 0 Å². The van der Waals surface area contributed by atoms with Gasteiger partial charge in [0.25, 0.3) is 0 Å². The molecule has 0 aromatic carbocycles. The Hall–Kier alpha value is -1.14. The third-order valence-corrected chi connectivity index (χ3v) is 3.83. The predicted octanol–water partition coefficient (Wildman–Crippen LogP) is -0.176. The average molecular weight is 261 g/mol. The first kappa shape index (κ1) is 12.9. The Morgan fingerprint density at radius 1 is 1.37 bits per heavy atom. The monoisotopic (exact) mass is 261 g/mol. The van der Waals surface area contributed by atoms with Crippen LogP contribution >= 0.6 is 0 Å². The summed E-state index contributed by atoms with van der Waals surface area (Å²) in [4.78, 5) is 12.5. The highest BCUT2D eigenvalue weighted by Gasteiger charge is 2.28. The van der Waals surface area contributed by atoms with E-state index in [9.17, 15) is 0 Å². The molecular formula is C13H20BN3O2. The minimum absolute atomic E-state index is 0.190. The lowest BCUT2D eigenvalue weighted by molar-refractivity contribution is -0.0000399. The van der Waals surface area contributed by atoms with Crippen molar-refractivity contribution in [2.24, 2.45) is 10.1 Å². The van der Waals surface area contributed by atoms with E-state index in [2.05, 4.69) is 29.0 Å². The van der Waals surface area contributed by atoms with Crippen LogP contribution in [0.15, 0.2) is 21.7 Å². The number of rotatable bonds is 3. The molecule has 0 aliphatic carbocycles. The van der Waals surface area contributed by atoms with E-state index in [1.165, 1.54) is 5.47 Å². The summed E-state index contributed by atoms with van der Waals surface area (Å²) in [5.74, 6) is 0. The van der Waals surface area contributed by atoms with E-state index in [-0.39, 0.29) is 12.1 Å². The smallest absolute Gasteiger partial charge is 0.145 e. The number of aliphatic imine (C=N–C) groups is 1. The van der Waals surface area contributed by atoms with Crippen molar-refractivity contribution in [2.75, 3.05) is 32.8 Å². The maximum Gasteiger partial charge on any atom is 0.145 e. The van der Waals surface area contributed by atoms with E-state index in [1.807, 2.05) is 6.21 Å². The highest BCUT2D eigenvalue weighted by molar-refractivity contribution is 6.33. The van der Waals surface area contributed by atoms with Gasteiger partial charge in [-0.05, 0) is 6.42 Å². The molecular weight excluding hydrogens is 241 g/mol. The normalized spacial score (nSPS) is 31.8. The maximum absolute atomic E-state index is 5.56. The lowest BCUT2D eigenvalue weighted by Crippen LogP contribution is -2.41. The van der Waals surface area contributed by atoms with Crippen molar-refractivity contribution in [3.05, 3.63) is 11.5 Å². The number of dihydropyridines is 1. The average Bonchev–Trinajstić information content (AvgIpc) is 2.89. The van der Waals surface area contributed by atoms with Crippen LogP contribution in [0.1, 0.15) is 12.8 Å². The van der Waals surface area contributed by atoms with Crippen LogP contribution in [0.25, 0.3) is 0 Å². The van der Waals surface area contributed by atoms with Gasteiger partial charge in [-0.2, -0.15) is 0 Å². The summed E-state index contributed by atoms with van der Waals surface area (Å²) in [5.41, 5.74) is 2.33. The van der Waals surface area contributed by atoms with Gasteiger partial charge in [-0.1, -0.05) is 16.7 Å². The Kier molecular flexibility index (Phi) is 3.99. The Morgan fingerprint density at radius 3 is 2.95 bits per heavy atom. The van der Waals surface area contributed by atoms with Crippen molar-refractivity contribution in [2.45, 2.75) is 25.0 Å². The number of hydrogen-bond acceptors (Lipinski definition) is 5. The van der Waals surface area contributed by atoms with Crippen molar-refractivity contribution >= 4 is 19.8 Å². The summed E-state index contributed by atoms with van der Waals surface area (Å²) >= 11 is 0. The third kappa shape index (κ3) is 3.25. The molecule has 0 bridgehead atoms. The van der Waals surface area contributed by atoms with Gasteiger partial charge < -0.3 is 9.57 Å². The number of nitrogens with zero attached hydrogens (tertiary/aromatic N) is 3. The second-order valence-electron chi connectivity index (χ2n) is 5.40. The molecule has 0 amide bonds. The SMILES string of the molecule is BC1=CCC(C2=NOC(CN3CCOCC3)C2)N=C1. The minimum atomic E-state index is 0.190. The summed E-state index contributed by atoms with van der Waals surface area (Å²) in [6.07, 6.45) is 6.21. The molecule has 3 aliphatic heterocycles. The molecule has 0 N–H and O–H groups in total. The first-order valence-corrected chi connectivity index (χ1v) is 7.04. The molecule has 0 aromatic rings. The zero-order valence-corrected chi connectivity index (χ0v) is 11.4. The second kappa shape index (κ2) is 5.88. The highest BCUT2D eigenvalue weighted by atomic mass is 16.6. The van der Waals surface area contributed by atoms with Crippen LogP contribution in [0.4, 0.5) is 0 Å². The molecule has 0 aromatic heterocycles. The minimum Gasteiger partial charge on any atom is -0.391 e. The van der Waals surface area contributed by atoms with Crippen LogP contribution < -0.4 is 0 Å². The van der Waals surface area contributed by atoms with E-state index in [0.717, 1.165) is 51.4 Å². The van der Waals surface area contributed by atoms with Gasteiger partial charge in [-0.3, -0.25) is 9.89 Å². The Balaban J connectivity index is 1.48. The van der Waals surface area contributed by atoms with E-state index < -0.39 is 0 Å². The fourth-order valence-electron chi connectivity index (χ4n) is 2.66. The van der Waals surface area contributed by atoms with Crippen LogP contribution in [-0.2, 0) is 9.57 Å². The van der Waals surface area contributed by atoms with Crippen LogP contribution in [0.3, 0.4) is 0 Å². The molecule has 2 unspecified atom stereocenters. The Bertz CT molecular complexity index is 416. The van der Waals surface area contributed by atoms with Crippen LogP contribution in [0.5, 0.6) is 0 Å². The maximum atomic E-state index is 5.56. The zero-order valence-electron chi connectivity index (χ0n) is 11.4. The molecule has 6 heteroatoms. The molecule has 1 fully saturated rings. The van der Waals surface area contributed by atoms with Gasteiger partial charge in [-0.15, -0.1) is 0 Å². The van der Waals surface area contributed by atoms with E-state index >= 15 is 0 Å². The molecule has 3 rings (SSSR count).